The second-order valence-electron chi connectivity index (χ2n) is 4.16. The fourth-order valence-electron chi connectivity index (χ4n) is 1.76. The molecule has 0 bridgehead atoms. The molecule has 5 heteroatoms. The van der Waals surface area contributed by atoms with E-state index in [0.717, 1.165) is 4.47 Å². The third-order valence-electron chi connectivity index (χ3n) is 2.59. The molecule has 0 aliphatic rings. The molecule has 1 rings (SSSR count). The van der Waals surface area contributed by atoms with Gasteiger partial charge in [-0.1, -0.05) is 15.9 Å². The van der Waals surface area contributed by atoms with Crippen LogP contribution < -0.4 is 4.90 Å². The Morgan fingerprint density at radius 3 is 2.72 bits per heavy atom. The molecular weight excluding hydrogens is 296 g/mol. The molecule has 0 fully saturated rings. The van der Waals surface area contributed by atoms with Crippen molar-refractivity contribution >= 4 is 27.6 Å². The van der Waals surface area contributed by atoms with Crippen LogP contribution >= 0.6 is 15.9 Å². The van der Waals surface area contributed by atoms with Crippen molar-refractivity contribution in [1.82, 2.24) is 0 Å². The van der Waals surface area contributed by atoms with Gasteiger partial charge < -0.3 is 10.0 Å². The van der Waals surface area contributed by atoms with E-state index in [1.165, 1.54) is 0 Å². The van der Waals surface area contributed by atoms with Crippen LogP contribution in [0.25, 0.3) is 0 Å². The second-order valence-corrected chi connectivity index (χ2v) is 5.08. The lowest BCUT2D eigenvalue weighted by atomic mass is 10.1. The maximum atomic E-state index is 11.3. The number of carboxylic acid groups (broad SMARTS) is 1. The Labute approximate surface area is 115 Å². The van der Waals surface area contributed by atoms with Crippen LogP contribution in [0.15, 0.2) is 22.7 Å². The second kappa shape index (κ2) is 6.41. The minimum Gasteiger partial charge on any atom is -0.478 e. The third-order valence-corrected chi connectivity index (χ3v) is 3.08. The van der Waals surface area contributed by atoms with Crippen LogP contribution in [0.2, 0.25) is 0 Å². The van der Waals surface area contributed by atoms with Gasteiger partial charge in [0.25, 0.3) is 0 Å². The lowest BCUT2D eigenvalue weighted by Crippen LogP contribution is -2.32. The quantitative estimate of drug-likeness (QED) is 0.906. The first-order valence-electron chi connectivity index (χ1n) is 5.63. The normalized spacial score (nSPS) is 10.2. The van der Waals surface area contributed by atoms with Crippen molar-refractivity contribution in [1.29, 1.82) is 5.26 Å². The van der Waals surface area contributed by atoms with Gasteiger partial charge in [-0.2, -0.15) is 5.26 Å². The highest BCUT2D eigenvalue weighted by atomic mass is 79.9. The monoisotopic (exact) mass is 310 g/mol. The predicted octanol–water partition coefficient (Wildman–Crippen LogP) is 3.28. The van der Waals surface area contributed by atoms with E-state index in [9.17, 15) is 9.90 Å². The van der Waals surface area contributed by atoms with E-state index in [0.29, 0.717) is 18.7 Å². The number of halogens is 1. The summed E-state index contributed by atoms with van der Waals surface area (Å²) in [6.45, 7) is 4.48. The van der Waals surface area contributed by atoms with Gasteiger partial charge in [-0.15, -0.1) is 0 Å². The molecule has 0 heterocycles. The molecule has 1 aromatic carbocycles. The highest BCUT2D eigenvalue weighted by molar-refractivity contribution is 9.10. The fraction of sp³-hybridized carbons (Fsp3) is 0.385. The van der Waals surface area contributed by atoms with E-state index >= 15 is 0 Å². The first-order valence-corrected chi connectivity index (χ1v) is 6.43. The molecule has 0 aliphatic heterocycles. The van der Waals surface area contributed by atoms with Gasteiger partial charge >= 0.3 is 5.97 Å². The molecule has 4 nitrogen and oxygen atoms in total. The Bertz CT molecular complexity index is 480. The molecule has 0 saturated carbocycles. The summed E-state index contributed by atoms with van der Waals surface area (Å²) in [5, 5.41) is 17.9. The zero-order valence-corrected chi connectivity index (χ0v) is 11.9. The Hall–Kier alpha value is -1.54. The van der Waals surface area contributed by atoms with Crippen molar-refractivity contribution in [3.8, 4) is 6.07 Å². The van der Waals surface area contributed by atoms with E-state index in [2.05, 4.69) is 22.0 Å². The van der Waals surface area contributed by atoms with Crippen molar-refractivity contribution in [3.63, 3.8) is 0 Å². The molecule has 0 spiro atoms. The maximum Gasteiger partial charge on any atom is 0.337 e. The largest absolute Gasteiger partial charge is 0.478 e. The highest BCUT2D eigenvalue weighted by Crippen LogP contribution is 2.26. The molecule has 0 aromatic heterocycles. The molecule has 96 valence electrons. The van der Waals surface area contributed by atoms with Crippen LogP contribution in [-0.2, 0) is 0 Å². The molecule has 0 radical (unpaired) electrons. The SMILES string of the molecule is CC(C)N(CCC#N)c1ccc(Br)cc1C(=O)O. The van der Waals surface area contributed by atoms with E-state index in [4.69, 9.17) is 5.26 Å². The summed E-state index contributed by atoms with van der Waals surface area (Å²) >= 11 is 3.27. The topological polar surface area (TPSA) is 64.3 Å². The van der Waals surface area contributed by atoms with Crippen LogP contribution in [0.5, 0.6) is 0 Å². The summed E-state index contributed by atoms with van der Waals surface area (Å²) in [5.74, 6) is -0.964. The number of carbonyl (C=O) groups is 1. The van der Waals surface area contributed by atoms with Gasteiger partial charge in [0.05, 0.1) is 23.7 Å². The molecule has 18 heavy (non-hydrogen) atoms. The summed E-state index contributed by atoms with van der Waals surface area (Å²) < 4.78 is 0.729. The number of aromatic carboxylic acids is 1. The molecule has 0 atom stereocenters. The van der Waals surface area contributed by atoms with Crippen molar-refractivity contribution in [3.05, 3.63) is 28.2 Å². The molecule has 0 aliphatic carbocycles. The van der Waals surface area contributed by atoms with E-state index in [-0.39, 0.29) is 11.6 Å². The zero-order valence-electron chi connectivity index (χ0n) is 10.4. The van der Waals surface area contributed by atoms with Crippen molar-refractivity contribution < 1.29 is 9.90 Å². The molecule has 0 saturated heterocycles. The van der Waals surface area contributed by atoms with Crippen LogP contribution in [0.1, 0.15) is 30.6 Å². The lowest BCUT2D eigenvalue weighted by Gasteiger charge is -2.29. The van der Waals surface area contributed by atoms with Gasteiger partial charge in [0.2, 0.25) is 0 Å². The summed E-state index contributed by atoms with van der Waals surface area (Å²) in [5.41, 5.74) is 0.895. The summed E-state index contributed by atoms with van der Waals surface area (Å²) in [6.07, 6.45) is 0.368. The number of carboxylic acids is 1. The molecule has 0 amide bonds. The lowest BCUT2D eigenvalue weighted by molar-refractivity contribution is 0.0697. The van der Waals surface area contributed by atoms with E-state index < -0.39 is 5.97 Å². The van der Waals surface area contributed by atoms with Crippen LogP contribution in [0, 0.1) is 11.3 Å². The molecule has 1 aromatic rings. The first kappa shape index (κ1) is 14.5. The minimum atomic E-state index is -0.964. The molecule has 1 N–H and O–H groups in total. The van der Waals surface area contributed by atoms with Crippen LogP contribution in [0.3, 0.4) is 0 Å². The van der Waals surface area contributed by atoms with Gasteiger partial charge in [0, 0.05) is 17.1 Å². The standard InChI is InChI=1S/C13H15BrN2O2/c1-9(2)16(7-3-6-15)12-5-4-10(14)8-11(12)13(17)18/h4-5,8-9H,3,7H2,1-2H3,(H,17,18). The predicted molar refractivity (Wildman–Crippen MR) is 73.8 cm³/mol. The first-order chi connectivity index (χ1) is 8.47. The van der Waals surface area contributed by atoms with Gasteiger partial charge in [0.15, 0.2) is 0 Å². The number of benzene rings is 1. The summed E-state index contributed by atoms with van der Waals surface area (Å²) in [4.78, 5) is 13.2. The van der Waals surface area contributed by atoms with Crippen LogP contribution in [0.4, 0.5) is 5.69 Å². The Balaban J connectivity index is 3.19. The van der Waals surface area contributed by atoms with Crippen molar-refractivity contribution in [2.75, 3.05) is 11.4 Å². The number of rotatable bonds is 5. The number of hydrogen-bond acceptors (Lipinski definition) is 3. The third kappa shape index (κ3) is 3.47. The molecular formula is C13H15BrN2O2. The van der Waals surface area contributed by atoms with Crippen molar-refractivity contribution in [2.45, 2.75) is 26.3 Å². The van der Waals surface area contributed by atoms with Gasteiger partial charge in [0.1, 0.15) is 0 Å². The van der Waals surface area contributed by atoms with Gasteiger partial charge in [-0.3, -0.25) is 0 Å². The smallest absolute Gasteiger partial charge is 0.337 e. The number of hydrogen-bond donors (Lipinski definition) is 1. The Morgan fingerprint density at radius 2 is 2.22 bits per heavy atom. The highest BCUT2D eigenvalue weighted by Gasteiger charge is 2.18. The average molecular weight is 311 g/mol. The summed E-state index contributed by atoms with van der Waals surface area (Å²) in [6, 6.07) is 7.38. The number of nitrogens with zero attached hydrogens (tertiary/aromatic N) is 2. The maximum absolute atomic E-state index is 11.3. The van der Waals surface area contributed by atoms with Crippen LogP contribution in [-0.4, -0.2) is 23.7 Å². The Kier molecular flexibility index (Phi) is 5.17. The summed E-state index contributed by atoms with van der Waals surface area (Å²) in [7, 11) is 0. The van der Waals surface area contributed by atoms with E-state index in [1.807, 2.05) is 24.8 Å². The van der Waals surface area contributed by atoms with Gasteiger partial charge in [-0.25, -0.2) is 4.79 Å². The number of anilines is 1. The number of nitriles is 1. The molecule has 0 unspecified atom stereocenters. The minimum absolute atomic E-state index is 0.137. The zero-order chi connectivity index (χ0) is 13.7. The Morgan fingerprint density at radius 1 is 1.56 bits per heavy atom. The average Bonchev–Trinajstić information content (AvgIpc) is 2.30. The van der Waals surface area contributed by atoms with Gasteiger partial charge in [-0.05, 0) is 32.0 Å². The fourth-order valence-corrected chi connectivity index (χ4v) is 2.12. The van der Waals surface area contributed by atoms with E-state index in [1.54, 1.807) is 12.1 Å². The van der Waals surface area contributed by atoms with Crippen molar-refractivity contribution in [2.24, 2.45) is 0 Å².